The van der Waals surface area contributed by atoms with Crippen LogP contribution in [0.4, 0.5) is 5.95 Å². The Labute approximate surface area is 129 Å². The zero-order valence-electron chi connectivity index (χ0n) is 14.0. The second-order valence-electron chi connectivity index (χ2n) is 6.44. The summed E-state index contributed by atoms with van der Waals surface area (Å²) in [6, 6.07) is 2.65. The Morgan fingerprint density at radius 1 is 1.33 bits per heavy atom. The third kappa shape index (κ3) is 4.40. The summed E-state index contributed by atoms with van der Waals surface area (Å²) in [7, 11) is 0. The number of rotatable bonds is 6. The maximum absolute atomic E-state index is 4.82. The lowest BCUT2D eigenvalue weighted by atomic mass is 10.0. The van der Waals surface area contributed by atoms with Gasteiger partial charge in [0.05, 0.1) is 0 Å². The van der Waals surface area contributed by atoms with Gasteiger partial charge in [0.25, 0.3) is 0 Å². The van der Waals surface area contributed by atoms with Gasteiger partial charge in [-0.2, -0.15) is 0 Å². The third-order valence-corrected chi connectivity index (χ3v) is 4.14. The summed E-state index contributed by atoms with van der Waals surface area (Å²) in [6.07, 6.45) is 4.99. The highest BCUT2D eigenvalue weighted by Crippen LogP contribution is 2.23. The van der Waals surface area contributed by atoms with Crippen LogP contribution < -0.4 is 10.2 Å². The first-order valence-corrected chi connectivity index (χ1v) is 8.44. The largest absolute Gasteiger partial charge is 0.337 e. The molecule has 0 saturated carbocycles. The van der Waals surface area contributed by atoms with E-state index < -0.39 is 0 Å². The fourth-order valence-electron chi connectivity index (χ4n) is 2.92. The Kier molecular flexibility index (Phi) is 5.97. The molecule has 1 saturated heterocycles. The van der Waals surface area contributed by atoms with Crippen LogP contribution in [0, 0.1) is 6.92 Å². The van der Waals surface area contributed by atoms with Gasteiger partial charge < -0.3 is 10.2 Å². The minimum atomic E-state index is 0.451. The Hall–Kier alpha value is -1.16. The fourth-order valence-corrected chi connectivity index (χ4v) is 2.92. The number of hydrogen-bond acceptors (Lipinski definition) is 4. The molecule has 4 heteroatoms. The zero-order valence-corrected chi connectivity index (χ0v) is 14.0. The molecule has 1 atom stereocenters. The van der Waals surface area contributed by atoms with Gasteiger partial charge >= 0.3 is 0 Å². The molecular formula is C17H30N4. The summed E-state index contributed by atoms with van der Waals surface area (Å²) in [5.74, 6) is 1.38. The van der Waals surface area contributed by atoms with Crippen molar-refractivity contribution < 1.29 is 0 Å². The Bertz CT molecular complexity index is 444. The van der Waals surface area contributed by atoms with E-state index in [1.165, 1.54) is 25.7 Å². The van der Waals surface area contributed by atoms with Gasteiger partial charge in [-0.15, -0.1) is 0 Å². The second kappa shape index (κ2) is 7.74. The molecule has 118 valence electrons. The van der Waals surface area contributed by atoms with Gasteiger partial charge in [0, 0.05) is 30.5 Å². The molecule has 0 spiro atoms. The van der Waals surface area contributed by atoms with Crippen molar-refractivity contribution in [3.05, 3.63) is 17.5 Å². The number of nitrogens with one attached hydrogen (secondary N) is 1. The average molecular weight is 290 g/mol. The van der Waals surface area contributed by atoms with Crippen molar-refractivity contribution in [1.82, 2.24) is 15.3 Å². The van der Waals surface area contributed by atoms with Crippen molar-refractivity contribution in [2.75, 3.05) is 24.5 Å². The van der Waals surface area contributed by atoms with Gasteiger partial charge in [-0.05, 0) is 51.1 Å². The Morgan fingerprint density at radius 3 is 2.86 bits per heavy atom. The molecule has 1 N–H and O–H groups in total. The predicted molar refractivity (Wildman–Crippen MR) is 89.0 cm³/mol. The van der Waals surface area contributed by atoms with E-state index in [0.717, 1.165) is 37.0 Å². The molecule has 1 fully saturated rings. The molecule has 21 heavy (non-hydrogen) atoms. The highest BCUT2D eigenvalue weighted by atomic mass is 15.3. The normalized spacial score (nSPS) is 19.3. The van der Waals surface area contributed by atoms with E-state index in [-0.39, 0.29) is 0 Å². The summed E-state index contributed by atoms with van der Waals surface area (Å²) in [5.41, 5.74) is 2.23. The molecule has 1 aromatic heterocycles. The standard InChI is InChI=1S/C17H30N4/c1-5-9-18-12-15-8-6-7-10-21(15)17-19-14(4)11-16(20-17)13(2)3/h11,13,15,18H,5-10,12H2,1-4H3. The minimum absolute atomic E-state index is 0.451. The molecule has 0 radical (unpaired) electrons. The maximum atomic E-state index is 4.82. The van der Waals surface area contributed by atoms with Crippen LogP contribution in [0.15, 0.2) is 6.07 Å². The van der Waals surface area contributed by atoms with E-state index in [9.17, 15) is 0 Å². The van der Waals surface area contributed by atoms with Gasteiger partial charge in [0.1, 0.15) is 0 Å². The van der Waals surface area contributed by atoms with Crippen molar-refractivity contribution in [3.8, 4) is 0 Å². The highest BCUT2D eigenvalue weighted by molar-refractivity contribution is 5.35. The second-order valence-corrected chi connectivity index (χ2v) is 6.44. The number of aromatic nitrogens is 2. The van der Waals surface area contributed by atoms with Crippen LogP contribution in [0.1, 0.15) is 63.8 Å². The Balaban J connectivity index is 2.16. The molecule has 0 bridgehead atoms. The van der Waals surface area contributed by atoms with E-state index in [0.29, 0.717) is 12.0 Å². The Morgan fingerprint density at radius 2 is 2.14 bits per heavy atom. The quantitative estimate of drug-likeness (QED) is 0.816. The first kappa shape index (κ1) is 16.2. The third-order valence-electron chi connectivity index (χ3n) is 4.14. The van der Waals surface area contributed by atoms with Crippen LogP contribution in [0.5, 0.6) is 0 Å². The van der Waals surface area contributed by atoms with Crippen LogP contribution in [-0.4, -0.2) is 35.6 Å². The van der Waals surface area contributed by atoms with Gasteiger partial charge in [0.2, 0.25) is 5.95 Å². The lowest BCUT2D eigenvalue weighted by molar-refractivity contribution is 0.429. The summed E-state index contributed by atoms with van der Waals surface area (Å²) < 4.78 is 0. The lowest BCUT2D eigenvalue weighted by Crippen LogP contribution is -2.46. The highest BCUT2D eigenvalue weighted by Gasteiger charge is 2.24. The molecule has 0 amide bonds. The van der Waals surface area contributed by atoms with Crippen molar-refractivity contribution in [2.24, 2.45) is 0 Å². The molecule has 2 heterocycles. The van der Waals surface area contributed by atoms with Crippen LogP contribution in [-0.2, 0) is 0 Å². The minimum Gasteiger partial charge on any atom is -0.337 e. The van der Waals surface area contributed by atoms with Crippen molar-refractivity contribution in [2.45, 2.75) is 65.3 Å². The molecule has 0 aliphatic carbocycles. The van der Waals surface area contributed by atoms with E-state index in [1.807, 2.05) is 0 Å². The summed E-state index contributed by atoms with van der Waals surface area (Å²) in [6.45, 7) is 11.9. The number of anilines is 1. The molecule has 1 aromatic rings. The first-order valence-electron chi connectivity index (χ1n) is 8.44. The van der Waals surface area contributed by atoms with E-state index >= 15 is 0 Å². The molecule has 1 aliphatic heterocycles. The van der Waals surface area contributed by atoms with Crippen molar-refractivity contribution in [3.63, 3.8) is 0 Å². The van der Waals surface area contributed by atoms with Crippen LogP contribution in [0.25, 0.3) is 0 Å². The van der Waals surface area contributed by atoms with Gasteiger partial charge in [-0.1, -0.05) is 20.8 Å². The smallest absolute Gasteiger partial charge is 0.226 e. The fraction of sp³-hybridized carbons (Fsp3) is 0.765. The SMILES string of the molecule is CCCNCC1CCCCN1c1nc(C)cc(C(C)C)n1. The summed E-state index contributed by atoms with van der Waals surface area (Å²) >= 11 is 0. The number of hydrogen-bond donors (Lipinski definition) is 1. The maximum Gasteiger partial charge on any atom is 0.226 e. The van der Waals surface area contributed by atoms with Crippen molar-refractivity contribution >= 4 is 5.95 Å². The monoisotopic (exact) mass is 290 g/mol. The summed E-state index contributed by atoms with van der Waals surface area (Å²) in [4.78, 5) is 11.9. The number of aryl methyl sites for hydroxylation is 1. The summed E-state index contributed by atoms with van der Waals surface area (Å²) in [5, 5.41) is 3.56. The molecular weight excluding hydrogens is 260 g/mol. The van der Waals surface area contributed by atoms with Gasteiger partial charge in [-0.25, -0.2) is 9.97 Å². The zero-order chi connectivity index (χ0) is 15.2. The lowest BCUT2D eigenvalue weighted by Gasteiger charge is -2.36. The predicted octanol–water partition coefficient (Wildman–Crippen LogP) is 3.27. The van der Waals surface area contributed by atoms with E-state index in [2.05, 4.69) is 44.0 Å². The van der Waals surface area contributed by atoms with Crippen LogP contribution >= 0.6 is 0 Å². The number of piperidine rings is 1. The number of nitrogens with zero attached hydrogens (tertiary/aromatic N) is 3. The topological polar surface area (TPSA) is 41.0 Å². The van der Waals surface area contributed by atoms with Crippen LogP contribution in [0.2, 0.25) is 0 Å². The first-order chi connectivity index (χ1) is 10.1. The van der Waals surface area contributed by atoms with Gasteiger partial charge in [0.15, 0.2) is 0 Å². The van der Waals surface area contributed by atoms with E-state index in [4.69, 9.17) is 9.97 Å². The molecule has 2 rings (SSSR count). The molecule has 1 unspecified atom stereocenters. The molecule has 4 nitrogen and oxygen atoms in total. The van der Waals surface area contributed by atoms with E-state index in [1.54, 1.807) is 0 Å². The van der Waals surface area contributed by atoms with Gasteiger partial charge in [-0.3, -0.25) is 0 Å². The van der Waals surface area contributed by atoms with Crippen LogP contribution in [0.3, 0.4) is 0 Å². The van der Waals surface area contributed by atoms with Crippen molar-refractivity contribution in [1.29, 1.82) is 0 Å². The molecule has 0 aromatic carbocycles. The molecule has 1 aliphatic rings. The average Bonchev–Trinajstić information content (AvgIpc) is 2.47.